The molecule has 1 aromatic heterocycles. The third-order valence-electron chi connectivity index (χ3n) is 5.78. The van der Waals surface area contributed by atoms with E-state index < -0.39 is 0 Å². The highest BCUT2D eigenvalue weighted by atomic mass is 32.1. The largest absolute Gasteiger partial charge is 0.484 e. The van der Waals surface area contributed by atoms with E-state index in [2.05, 4.69) is 10.2 Å². The number of aromatic nitrogens is 1. The van der Waals surface area contributed by atoms with Gasteiger partial charge in [-0.3, -0.25) is 4.79 Å². The molecule has 142 valence electrons. The van der Waals surface area contributed by atoms with E-state index >= 15 is 0 Å². The molecular formula is C20H24N4O2S. The summed E-state index contributed by atoms with van der Waals surface area (Å²) < 4.78 is 5.63. The maximum absolute atomic E-state index is 12.6. The molecule has 6 nitrogen and oxygen atoms in total. The second-order valence-electron chi connectivity index (χ2n) is 7.48. The van der Waals surface area contributed by atoms with Gasteiger partial charge >= 0.3 is 0 Å². The minimum absolute atomic E-state index is 0.0432. The SMILES string of the molecule is O=C(COc1ccccc1)N1CCc2nc(N3C4CCC3CNC4)sc2C1. The van der Waals surface area contributed by atoms with Crippen LogP contribution in [0.25, 0.3) is 0 Å². The molecule has 2 aromatic rings. The van der Waals surface area contributed by atoms with E-state index in [1.807, 2.05) is 35.2 Å². The number of hydrogen-bond donors (Lipinski definition) is 1. The van der Waals surface area contributed by atoms with Crippen molar-refractivity contribution in [1.29, 1.82) is 0 Å². The number of nitrogens with one attached hydrogen (secondary N) is 1. The average molecular weight is 385 g/mol. The predicted octanol–water partition coefficient (Wildman–Crippen LogP) is 2.05. The highest BCUT2D eigenvalue weighted by Crippen LogP contribution is 2.37. The smallest absolute Gasteiger partial charge is 0.260 e. The third-order valence-corrected chi connectivity index (χ3v) is 6.87. The molecule has 1 amide bonds. The third kappa shape index (κ3) is 3.30. The normalized spacial score (nSPS) is 24.0. The Labute approximate surface area is 163 Å². The van der Waals surface area contributed by atoms with Crippen LogP contribution in [-0.4, -0.2) is 54.1 Å². The zero-order valence-electron chi connectivity index (χ0n) is 15.3. The first kappa shape index (κ1) is 17.0. The van der Waals surface area contributed by atoms with Gasteiger partial charge in [-0.05, 0) is 25.0 Å². The molecule has 7 heteroatoms. The lowest BCUT2D eigenvalue weighted by atomic mass is 10.2. The van der Waals surface area contributed by atoms with Crippen LogP contribution < -0.4 is 15.0 Å². The van der Waals surface area contributed by atoms with Gasteiger partial charge in [0.2, 0.25) is 0 Å². The molecule has 1 N–H and O–H groups in total. The number of rotatable bonds is 4. The molecule has 27 heavy (non-hydrogen) atoms. The van der Waals surface area contributed by atoms with Crippen molar-refractivity contribution in [3.8, 4) is 5.75 Å². The standard InChI is InChI=1S/C20H24N4O2S/c25-19(13-26-16-4-2-1-3-5-16)23-9-8-17-18(12-23)27-20(22-17)24-14-6-7-15(24)11-21-10-14/h1-5,14-15,21H,6-13H2. The lowest BCUT2D eigenvalue weighted by Gasteiger charge is -2.35. The molecule has 3 aliphatic rings. The first-order valence-electron chi connectivity index (χ1n) is 9.71. The maximum Gasteiger partial charge on any atom is 0.260 e. The lowest BCUT2D eigenvalue weighted by Crippen LogP contribution is -2.51. The predicted molar refractivity (Wildman–Crippen MR) is 105 cm³/mol. The number of benzene rings is 1. The van der Waals surface area contributed by atoms with Crippen LogP contribution in [0.1, 0.15) is 23.4 Å². The summed E-state index contributed by atoms with van der Waals surface area (Å²) in [5.41, 5.74) is 1.18. The fourth-order valence-electron chi connectivity index (χ4n) is 4.35. The Morgan fingerprint density at radius 3 is 2.78 bits per heavy atom. The van der Waals surface area contributed by atoms with E-state index in [9.17, 15) is 4.79 Å². The van der Waals surface area contributed by atoms with Crippen LogP contribution in [-0.2, 0) is 17.8 Å². The molecule has 1 aromatic carbocycles. The second-order valence-corrected chi connectivity index (χ2v) is 8.55. The van der Waals surface area contributed by atoms with Crippen molar-refractivity contribution in [2.75, 3.05) is 31.1 Å². The second kappa shape index (κ2) is 7.13. The van der Waals surface area contributed by atoms with Gasteiger partial charge in [0.25, 0.3) is 5.91 Å². The number of piperazine rings is 1. The minimum Gasteiger partial charge on any atom is -0.484 e. The van der Waals surface area contributed by atoms with Gasteiger partial charge < -0.3 is 19.9 Å². The van der Waals surface area contributed by atoms with Gasteiger partial charge in [0.15, 0.2) is 11.7 Å². The fraction of sp³-hybridized carbons (Fsp3) is 0.500. The average Bonchev–Trinajstić information content (AvgIpc) is 3.23. The number of ether oxygens (including phenoxy) is 1. The van der Waals surface area contributed by atoms with E-state index in [0.29, 0.717) is 18.6 Å². The molecule has 4 heterocycles. The van der Waals surface area contributed by atoms with Crippen molar-refractivity contribution in [3.63, 3.8) is 0 Å². The van der Waals surface area contributed by atoms with Crippen molar-refractivity contribution >= 4 is 22.4 Å². The molecule has 3 aliphatic heterocycles. The Balaban J connectivity index is 1.25. The van der Waals surface area contributed by atoms with E-state index in [1.54, 1.807) is 11.3 Å². The van der Waals surface area contributed by atoms with Gasteiger partial charge in [-0.2, -0.15) is 0 Å². The van der Waals surface area contributed by atoms with Crippen LogP contribution in [0.5, 0.6) is 5.75 Å². The van der Waals surface area contributed by atoms with Crippen LogP contribution in [0.15, 0.2) is 30.3 Å². The summed E-state index contributed by atoms with van der Waals surface area (Å²) >= 11 is 1.78. The van der Waals surface area contributed by atoms with Crippen molar-refractivity contribution in [1.82, 2.24) is 15.2 Å². The number of anilines is 1. The Bertz CT molecular complexity index is 809. The molecule has 0 aliphatic carbocycles. The molecule has 2 saturated heterocycles. The number of fused-ring (bicyclic) bond motifs is 3. The maximum atomic E-state index is 12.6. The first-order chi connectivity index (χ1) is 13.3. The van der Waals surface area contributed by atoms with Crippen molar-refractivity contribution in [2.24, 2.45) is 0 Å². The van der Waals surface area contributed by atoms with E-state index in [0.717, 1.165) is 36.9 Å². The van der Waals surface area contributed by atoms with Crippen LogP contribution >= 0.6 is 11.3 Å². The molecule has 2 unspecified atom stereocenters. The molecule has 5 rings (SSSR count). The van der Waals surface area contributed by atoms with Crippen molar-refractivity contribution < 1.29 is 9.53 Å². The summed E-state index contributed by atoms with van der Waals surface area (Å²) in [6, 6.07) is 10.7. The van der Waals surface area contributed by atoms with Gasteiger partial charge in [-0.25, -0.2) is 4.98 Å². The Morgan fingerprint density at radius 1 is 1.22 bits per heavy atom. The summed E-state index contributed by atoms with van der Waals surface area (Å²) in [5.74, 6) is 0.777. The molecule has 0 spiro atoms. The quantitative estimate of drug-likeness (QED) is 0.874. The molecule has 2 bridgehead atoms. The van der Waals surface area contributed by atoms with Gasteiger partial charge in [-0.1, -0.05) is 29.5 Å². The fourth-order valence-corrected chi connectivity index (χ4v) is 5.61. The van der Waals surface area contributed by atoms with Gasteiger partial charge in [0, 0.05) is 43.0 Å². The minimum atomic E-state index is 0.0432. The summed E-state index contributed by atoms with van der Waals surface area (Å²) in [6.45, 7) is 3.59. The van der Waals surface area contributed by atoms with Gasteiger partial charge in [0.1, 0.15) is 5.75 Å². The van der Waals surface area contributed by atoms with E-state index in [1.165, 1.54) is 23.4 Å². The highest BCUT2D eigenvalue weighted by Gasteiger charge is 2.39. The number of para-hydroxylation sites is 1. The van der Waals surface area contributed by atoms with Crippen LogP contribution in [0, 0.1) is 0 Å². The molecule has 0 saturated carbocycles. The van der Waals surface area contributed by atoms with Crippen LogP contribution in [0.2, 0.25) is 0 Å². The monoisotopic (exact) mass is 384 g/mol. The Morgan fingerprint density at radius 2 is 2.00 bits per heavy atom. The number of nitrogens with zero attached hydrogens (tertiary/aromatic N) is 3. The highest BCUT2D eigenvalue weighted by molar-refractivity contribution is 7.15. The van der Waals surface area contributed by atoms with Crippen molar-refractivity contribution in [3.05, 3.63) is 40.9 Å². The van der Waals surface area contributed by atoms with E-state index in [4.69, 9.17) is 9.72 Å². The number of thiazole rings is 1. The molecule has 2 fully saturated rings. The topological polar surface area (TPSA) is 57.7 Å². The summed E-state index contributed by atoms with van der Waals surface area (Å²) in [6.07, 6.45) is 3.34. The van der Waals surface area contributed by atoms with Gasteiger partial charge in [-0.15, -0.1) is 0 Å². The number of carbonyl (C=O) groups is 1. The Hall–Kier alpha value is -2.12. The summed E-state index contributed by atoms with van der Waals surface area (Å²) in [4.78, 5) is 23.2. The van der Waals surface area contributed by atoms with Crippen molar-refractivity contribution in [2.45, 2.75) is 37.9 Å². The van der Waals surface area contributed by atoms with Crippen LogP contribution in [0.4, 0.5) is 5.13 Å². The molecular weight excluding hydrogens is 360 g/mol. The zero-order valence-corrected chi connectivity index (χ0v) is 16.1. The zero-order chi connectivity index (χ0) is 18.2. The Kier molecular flexibility index (Phi) is 4.49. The number of carbonyl (C=O) groups excluding carboxylic acids is 1. The summed E-state index contributed by atoms with van der Waals surface area (Å²) in [5, 5.41) is 4.68. The molecule has 0 radical (unpaired) electrons. The lowest BCUT2D eigenvalue weighted by molar-refractivity contribution is -0.134. The number of hydrogen-bond acceptors (Lipinski definition) is 6. The number of amides is 1. The van der Waals surface area contributed by atoms with E-state index in [-0.39, 0.29) is 12.5 Å². The van der Waals surface area contributed by atoms with Gasteiger partial charge in [0.05, 0.1) is 12.2 Å². The molecule has 2 atom stereocenters. The first-order valence-corrected chi connectivity index (χ1v) is 10.5. The summed E-state index contributed by atoms with van der Waals surface area (Å²) in [7, 11) is 0. The van der Waals surface area contributed by atoms with Crippen LogP contribution in [0.3, 0.4) is 0 Å².